The first-order valence-electron chi connectivity index (χ1n) is 9.21. The third-order valence-electron chi connectivity index (χ3n) is 4.78. The van der Waals surface area contributed by atoms with Gasteiger partial charge in [-0.3, -0.25) is 9.98 Å². The number of aryl methyl sites for hydroxylation is 2. The van der Waals surface area contributed by atoms with Gasteiger partial charge < -0.3 is 15.0 Å². The molecule has 2 aromatic rings. The first-order chi connectivity index (χ1) is 12.7. The molecule has 0 saturated carbocycles. The number of aliphatic imine (C=N–C) groups is 1. The first kappa shape index (κ1) is 21.6. The van der Waals surface area contributed by atoms with Crippen LogP contribution in [-0.2, 0) is 11.2 Å². The summed E-state index contributed by atoms with van der Waals surface area (Å²) in [6.45, 7) is 7.36. The lowest BCUT2D eigenvalue weighted by Crippen LogP contribution is -2.48. The third kappa shape index (κ3) is 5.90. The monoisotopic (exact) mass is 480 g/mol. The van der Waals surface area contributed by atoms with Gasteiger partial charge in [-0.05, 0) is 43.0 Å². The molecule has 1 saturated heterocycles. The first-order valence-corrected chi connectivity index (χ1v) is 9.21. The largest absolute Gasteiger partial charge is 0.370 e. The molecule has 0 spiro atoms. The zero-order valence-corrected chi connectivity index (χ0v) is 18.6. The summed E-state index contributed by atoms with van der Waals surface area (Å²) < 4.78 is 6.02. The van der Waals surface area contributed by atoms with Crippen LogP contribution >= 0.6 is 24.0 Å². The summed E-state index contributed by atoms with van der Waals surface area (Å²) in [5.41, 5.74) is 4.82. The van der Waals surface area contributed by atoms with E-state index in [1.807, 2.05) is 20.2 Å². The van der Waals surface area contributed by atoms with E-state index in [1.165, 1.54) is 16.7 Å². The lowest BCUT2D eigenvalue weighted by molar-refractivity contribution is -0.00829. The number of nitrogens with one attached hydrogen (secondary N) is 1. The zero-order chi connectivity index (χ0) is 18.4. The zero-order valence-electron chi connectivity index (χ0n) is 16.3. The van der Waals surface area contributed by atoms with Crippen LogP contribution in [0.3, 0.4) is 0 Å². The van der Waals surface area contributed by atoms with Gasteiger partial charge in [0.1, 0.15) is 6.10 Å². The number of guanidine groups is 1. The van der Waals surface area contributed by atoms with E-state index in [0.717, 1.165) is 37.7 Å². The van der Waals surface area contributed by atoms with E-state index >= 15 is 0 Å². The van der Waals surface area contributed by atoms with Gasteiger partial charge in [-0.1, -0.05) is 30.3 Å². The van der Waals surface area contributed by atoms with Crippen LogP contribution in [0.25, 0.3) is 0 Å². The van der Waals surface area contributed by atoms with Gasteiger partial charge >= 0.3 is 0 Å². The van der Waals surface area contributed by atoms with Crippen molar-refractivity contribution in [2.24, 2.45) is 4.99 Å². The van der Waals surface area contributed by atoms with Crippen LogP contribution in [-0.4, -0.2) is 49.1 Å². The van der Waals surface area contributed by atoms with Gasteiger partial charge in [0, 0.05) is 32.0 Å². The molecule has 2 heterocycles. The number of nitrogens with zero attached hydrogens (tertiary/aromatic N) is 3. The smallest absolute Gasteiger partial charge is 0.193 e. The van der Waals surface area contributed by atoms with Crippen molar-refractivity contribution in [2.45, 2.75) is 26.4 Å². The summed E-state index contributed by atoms with van der Waals surface area (Å²) in [6, 6.07) is 12.6. The molecule has 0 radical (unpaired) electrons. The lowest BCUT2D eigenvalue weighted by atomic mass is 10.0. The number of hydrogen-bond donors (Lipinski definition) is 1. The number of hydrogen-bond acceptors (Lipinski definition) is 3. The van der Waals surface area contributed by atoms with Crippen LogP contribution in [0.5, 0.6) is 0 Å². The number of aromatic nitrogens is 1. The van der Waals surface area contributed by atoms with E-state index in [2.05, 4.69) is 63.5 Å². The Balaban J connectivity index is 0.00000261. The fourth-order valence-corrected chi connectivity index (χ4v) is 3.28. The average Bonchev–Trinajstić information content (AvgIpc) is 2.67. The van der Waals surface area contributed by atoms with Crippen LogP contribution in [0.15, 0.2) is 47.6 Å². The molecule has 1 aromatic heterocycles. The van der Waals surface area contributed by atoms with Gasteiger partial charge in [0.05, 0.1) is 13.2 Å². The van der Waals surface area contributed by atoms with E-state index < -0.39 is 0 Å². The minimum absolute atomic E-state index is 0. The maximum Gasteiger partial charge on any atom is 0.193 e. The molecule has 1 fully saturated rings. The Morgan fingerprint density at radius 1 is 1.26 bits per heavy atom. The molecule has 1 aromatic carbocycles. The number of pyridine rings is 1. The van der Waals surface area contributed by atoms with E-state index in [-0.39, 0.29) is 30.1 Å². The second kappa shape index (κ2) is 10.6. The predicted octanol–water partition coefficient (Wildman–Crippen LogP) is 3.51. The van der Waals surface area contributed by atoms with Crippen molar-refractivity contribution < 1.29 is 4.74 Å². The Hall–Kier alpha value is -1.67. The van der Waals surface area contributed by atoms with Crippen LogP contribution in [0.4, 0.5) is 0 Å². The van der Waals surface area contributed by atoms with Crippen molar-refractivity contribution in [3.05, 3.63) is 65.0 Å². The van der Waals surface area contributed by atoms with Crippen molar-refractivity contribution in [3.8, 4) is 0 Å². The van der Waals surface area contributed by atoms with Gasteiger partial charge in [-0.25, -0.2) is 0 Å². The Morgan fingerprint density at radius 3 is 2.78 bits per heavy atom. The van der Waals surface area contributed by atoms with Crippen molar-refractivity contribution >= 4 is 29.9 Å². The summed E-state index contributed by atoms with van der Waals surface area (Å²) in [6.07, 6.45) is 2.96. The van der Waals surface area contributed by atoms with Crippen molar-refractivity contribution in [3.63, 3.8) is 0 Å². The summed E-state index contributed by atoms with van der Waals surface area (Å²) in [5.74, 6) is 0.937. The lowest BCUT2D eigenvalue weighted by Gasteiger charge is -2.35. The van der Waals surface area contributed by atoms with Crippen LogP contribution in [0, 0.1) is 13.8 Å². The second-order valence-electron chi connectivity index (χ2n) is 6.69. The third-order valence-corrected chi connectivity index (χ3v) is 4.78. The molecule has 1 aliphatic rings. The molecule has 5 nitrogen and oxygen atoms in total. The van der Waals surface area contributed by atoms with Crippen LogP contribution in [0.1, 0.15) is 28.5 Å². The topological polar surface area (TPSA) is 49.8 Å². The molecule has 3 rings (SSSR count). The standard InChI is InChI=1S/C21H28N4O.HI/c1-16-6-4-5-7-19(16)20-15-25(12-13-26-20)21(22-3)23-11-10-18-9-8-17(2)24-14-18;/h4-9,14,20H,10-13,15H2,1-3H3,(H,22,23);1H. The highest BCUT2D eigenvalue weighted by Gasteiger charge is 2.24. The van der Waals surface area contributed by atoms with E-state index in [0.29, 0.717) is 6.61 Å². The molecular formula is C21H29IN4O. The molecule has 1 atom stereocenters. The van der Waals surface area contributed by atoms with Gasteiger partial charge in [0.15, 0.2) is 5.96 Å². The normalized spacial score (nSPS) is 17.4. The highest BCUT2D eigenvalue weighted by atomic mass is 127. The second-order valence-corrected chi connectivity index (χ2v) is 6.69. The van der Waals surface area contributed by atoms with Gasteiger partial charge in [-0.15, -0.1) is 24.0 Å². The van der Waals surface area contributed by atoms with Crippen LogP contribution < -0.4 is 5.32 Å². The minimum atomic E-state index is 0. The molecule has 6 heteroatoms. The van der Waals surface area contributed by atoms with Crippen molar-refractivity contribution in [2.75, 3.05) is 33.3 Å². The SMILES string of the molecule is CN=C(NCCc1ccc(C)nc1)N1CCOC(c2ccccc2C)C1.I. The van der Waals surface area contributed by atoms with Gasteiger partial charge in [0.25, 0.3) is 0 Å². The van der Waals surface area contributed by atoms with Crippen LogP contribution in [0.2, 0.25) is 0 Å². The number of rotatable bonds is 4. The Kier molecular flexibility index (Phi) is 8.50. The summed E-state index contributed by atoms with van der Waals surface area (Å²) >= 11 is 0. The summed E-state index contributed by atoms with van der Waals surface area (Å²) in [5, 5.41) is 3.48. The molecule has 0 bridgehead atoms. The molecule has 0 aliphatic carbocycles. The van der Waals surface area contributed by atoms with E-state index in [4.69, 9.17) is 4.74 Å². The summed E-state index contributed by atoms with van der Waals surface area (Å²) in [4.78, 5) is 11.1. The van der Waals surface area contributed by atoms with Gasteiger partial charge in [0.2, 0.25) is 0 Å². The quantitative estimate of drug-likeness (QED) is 0.414. The maximum atomic E-state index is 6.02. The number of benzene rings is 1. The van der Waals surface area contributed by atoms with Crippen molar-refractivity contribution in [1.82, 2.24) is 15.2 Å². The Morgan fingerprint density at radius 2 is 2.07 bits per heavy atom. The number of ether oxygens (including phenoxy) is 1. The molecule has 146 valence electrons. The molecular weight excluding hydrogens is 451 g/mol. The highest BCUT2D eigenvalue weighted by Crippen LogP contribution is 2.24. The predicted molar refractivity (Wildman–Crippen MR) is 121 cm³/mol. The Bertz CT molecular complexity index is 748. The molecule has 0 amide bonds. The van der Waals surface area contributed by atoms with Gasteiger partial charge in [-0.2, -0.15) is 0 Å². The van der Waals surface area contributed by atoms with E-state index in [1.54, 1.807) is 0 Å². The highest BCUT2D eigenvalue weighted by molar-refractivity contribution is 14.0. The molecule has 27 heavy (non-hydrogen) atoms. The summed E-state index contributed by atoms with van der Waals surface area (Å²) in [7, 11) is 1.84. The average molecular weight is 480 g/mol. The number of morpholine rings is 1. The number of halogens is 1. The minimum Gasteiger partial charge on any atom is -0.370 e. The van der Waals surface area contributed by atoms with E-state index in [9.17, 15) is 0 Å². The fraction of sp³-hybridized carbons (Fsp3) is 0.429. The Labute approximate surface area is 179 Å². The maximum absolute atomic E-state index is 6.02. The molecule has 1 N–H and O–H groups in total. The van der Waals surface area contributed by atoms with Crippen molar-refractivity contribution in [1.29, 1.82) is 0 Å². The molecule has 1 aliphatic heterocycles. The fourth-order valence-electron chi connectivity index (χ4n) is 3.28. The molecule has 1 unspecified atom stereocenters.